The number of aliphatic hydroxyl groups excluding tert-OH is 1. The highest BCUT2D eigenvalue weighted by molar-refractivity contribution is 5.69. The molecular weight excluding hydrogens is 218 g/mol. The third kappa shape index (κ3) is 4.71. The van der Waals surface area contributed by atoms with Crippen molar-refractivity contribution >= 4 is 5.97 Å². The van der Waals surface area contributed by atoms with Crippen LogP contribution in [0.2, 0.25) is 0 Å². The summed E-state index contributed by atoms with van der Waals surface area (Å²) < 4.78 is 5.29. The Hall–Kier alpha value is -1.13. The Morgan fingerprint density at radius 2 is 2.35 bits per heavy atom. The monoisotopic (exact) mass is 239 g/mol. The summed E-state index contributed by atoms with van der Waals surface area (Å²) in [6.45, 7) is 1.88. The number of likely N-dealkylation sites (N-methyl/N-ethyl adjacent to an activating group) is 1. The number of carbonyl (C=O) groups is 1. The van der Waals surface area contributed by atoms with Gasteiger partial charge in [-0.05, 0) is 26.5 Å². The summed E-state index contributed by atoms with van der Waals surface area (Å²) in [6.07, 6.45) is 9.15. The molecule has 0 aliphatic heterocycles. The minimum Gasteiger partial charge on any atom is -0.458 e. The lowest BCUT2D eigenvalue weighted by molar-refractivity contribution is -0.147. The summed E-state index contributed by atoms with van der Waals surface area (Å²) >= 11 is 0. The molecule has 2 atom stereocenters. The molecule has 1 rings (SSSR count). The predicted octanol–water partition coefficient (Wildman–Crippen LogP) is 1.16. The molecule has 0 bridgehead atoms. The summed E-state index contributed by atoms with van der Waals surface area (Å²) in [5.74, 6) is -0.218. The van der Waals surface area contributed by atoms with Crippen molar-refractivity contribution in [1.82, 2.24) is 5.32 Å². The summed E-state index contributed by atoms with van der Waals surface area (Å²) in [6, 6.07) is 0. The molecule has 0 radical (unpaired) electrons. The average Bonchev–Trinajstić information content (AvgIpc) is 2.37. The molecule has 0 saturated heterocycles. The maximum Gasteiger partial charge on any atom is 0.306 e. The number of ether oxygens (including phenoxy) is 1. The molecule has 2 unspecified atom stereocenters. The van der Waals surface area contributed by atoms with Crippen LogP contribution in [-0.2, 0) is 9.53 Å². The molecule has 0 aromatic carbocycles. The van der Waals surface area contributed by atoms with Crippen LogP contribution < -0.4 is 5.32 Å². The van der Waals surface area contributed by atoms with E-state index in [-0.39, 0.29) is 18.7 Å². The van der Waals surface area contributed by atoms with Crippen molar-refractivity contribution in [2.45, 2.75) is 37.8 Å². The lowest BCUT2D eigenvalue weighted by Gasteiger charge is -2.26. The third-order valence-electron chi connectivity index (χ3n) is 3.06. The van der Waals surface area contributed by atoms with Crippen molar-refractivity contribution in [3.63, 3.8) is 0 Å². The fraction of sp³-hybridized carbons (Fsp3) is 0.615. The van der Waals surface area contributed by atoms with Crippen LogP contribution in [0, 0.1) is 0 Å². The summed E-state index contributed by atoms with van der Waals surface area (Å²) in [5.41, 5.74) is -0.415. The first-order valence-corrected chi connectivity index (χ1v) is 5.92. The fourth-order valence-corrected chi connectivity index (χ4v) is 1.53. The number of hydrogen-bond acceptors (Lipinski definition) is 4. The normalized spacial score (nSPS) is 22.2. The molecule has 96 valence electrons. The second kappa shape index (κ2) is 6.57. The van der Waals surface area contributed by atoms with Gasteiger partial charge in [0, 0.05) is 18.4 Å². The second-order valence-electron chi connectivity index (χ2n) is 4.55. The molecular formula is C13H21NO3. The third-order valence-corrected chi connectivity index (χ3v) is 3.06. The van der Waals surface area contributed by atoms with Crippen LogP contribution in [0.3, 0.4) is 0 Å². The van der Waals surface area contributed by atoms with E-state index < -0.39 is 5.54 Å². The van der Waals surface area contributed by atoms with Crippen molar-refractivity contribution < 1.29 is 14.6 Å². The van der Waals surface area contributed by atoms with E-state index in [2.05, 4.69) is 5.32 Å². The van der Waals surface area contributed by atoms with Gasteiger partial charge in [-0.25, -0.2) is 0 Å². The molecule has 0 aromatic rings. The van der Waals surface area contributed by atoms with Crippen LogP contribution in [0.1, 0.15) is 26.2 Å². The zero-order chi connectivity index (χ0) is 12.7. The van der Waals surface area contributed by atoms with Gasteiger partial charge in [-0.15, -0.1) is 0 Å². The van der Waals surface area contributed by atoms with Crippen LogP contribution in [-0.4, -0.2) is 36.4 Å². The van der Waals surface area contributed by atoms with Crippen LogP contribution in [0.4, 0.5) is 0 Å². The van der Waals surface area contributed by atoms with Crippen molar-refractivity contribution in [3.05, 3.63) is 24.3 Å². The van der Waals surface area contributed by atoms with Gasteiger partial charge in [0.25, 0.3) is 0 Å². The molecule has 1 aliphatic carbocycles. The molecule has 0 fully saturated rings. The molecule has 0 heterocycles. The minimum absolute atomic E-state index is 0.00283. The lowest BCUT2D eigenvalue weighted by atomic mass is 9.97. The Morgan fingerprint density at radius 3 is 2.88 bits per heavy atom. The molecule has 1 aliphatic rings. The number of rotatable bonds is 6. The van der Waals surface area contributed by atoms with Gasteiger partial charge in [0.05, 0.1) is 6.61 Å². The van der Waals surface area contributed by atoms with E-state index in [1.54, 1.807) is 7.05 Å². The summed E-state index contributed by atoms with van der Waals surface area (Å²) in [7, 11) is 1.77. The van der Waals surface area contributed by atoms with Gasteiger partial charge >= 0.3 is 5.97 Å². The summed E-state index contributed by atoms with van der Waals surface area (Å²) in [4.78, 5) is 11.6. The van der Waals surface area contributed by atoms with Crippen molar-refractivity contribution in [1.29, 1.82) is 0 Å². The van der Waals surface area contributed by atoms with Crippen molar-refractivity contribution in [2.24, 2.45) is 0 Å². The van der Waals surface area contributed by atoms with Gasteiger partial charge in [-0.1, -0.05) is 18.2 Å². The molecule has 4 heteroatoms. The first-order chi connectivity index (χ1) is 8.09. The van der Waals surface area contributed by atoms with E-state index in [1.807, 2.05) is 31.2 Å². The molecule has 0 spiro atoms. The smallest absolute Gasteiger partial charge is 0.306 e. The van der Waals surface area contributed by atoms with E-state index in [4.69, 9.17) is 4.74 Å². The number of carbonyl (C=O) groups excluding carboxylic acids is 1. The highest BCUT2D eigenvalue weighted by Crippen LogP contribution is 2.14. The van der Waals surface area contributed by atoms with Crippen LogP contribution in [0.25, 0.3) is 0 Å². The summed E-state index contributed by atoms with van der Waals surface area (Å²) in [5, 5.41) is 12.2. The average molecular weight is 239 g/mol. The molecule has 0 amide bonds. The zero-order valence-electron chi connectivity index (χ0n) is 10.5. The van der Waals surface area contributed by atoms with E-state index in [0.717, 1.165) is 6.42 Å². The van der Waals surface area contributed by atoms with Crippen molar-refractivity contribution in [3.8, 4) is 0 Å². The zero-order valence-corrected chi connectivity index (χ0v) is 10.5. The first-order valence-electron chi connectivity index (χ1n) is 5.92. The highest BCUT2D eigenvalue weighted by Gasteiger charge is 2.23. The number of esters is 1. The highest BCUT2D eigenvalue weighted by atomic mass is 16.5. The number of aliphatic hydroxyl groups is 1. The maximum atomic E-state index is 11.6. The molecule has 0 aromatic heterocycles. The molecule has 0 saturated carbocycles. The predicted molar refractivity (Wildman–Crippen MR) is 66.6 cm³/mol. The second-order valence-corrected chi connectivity index (χ2v) is 4.55. The van der Waals surface area contributed by atoms with Gasteiger partial charge < -0.3 is 15.2 Å². The Bertz CT molecular complexity index is 306. The van der Waals surface area contributed by atoms with E-state index in [0.29, 0.717) is 12.8 Å². The largest absolute Gasteiger partial charge is 0.458 e. The first kappa shape index (κ1) is 13.9. The van der Waals surface area contributed by atoms with Gasteiger partial charge in [0.15, 0.2) is 0 Å². The van der Waals surface area contributed by atoms with E-state index in [9.17, 15) is 9.90 Å². The Kier molecular flexibility index (Phi) is 5.38. The SMILES string of the molecule is CNC(C)(CO)CCC(=O)OC1C=CC=CC1. The Labute approximate surface area is 102 Å². The van der Waals surface area contributed by atoms with Crippen LogP contribution in [0.15, 0.2) is 24.3 Å². The minimum atomic E-state index is -0.415. The quantitative estimate of drug-likeness (QED) is 0.683. The number of allylic oxidation sites excluding steroid dienone is 2. The number of hydrogen-bond donors (Lipinski definition) is 2. The van der Waals surface area contributed by atoms with Crippen LogP contribution in [0.5, 0.6) is 0 Å². The van der Waals surface area contributed by atoms with Gasteiger partial charge in [-0.3, -0.25) is 4.79 Å². The molecule has 4 nitrogen and oxygen atoms in total. The van der Waals surface area contributed by atoms with Crippen LogP contribution >= 0.6 is 0 Å². The topological polar surface area (TPSA) is 58.6 Å². The van der Waals surface area contributed by atoms with E-state index >= 15 is 0 Å². The molecule has 2 N–H and O–H groups in total. The van der Waals surface area contributed by atoms with Gasteiger partial charge in [0.2, 0.25) is 0 Å². The Balaban J connectivity index is 2.30. The standard InChI is InChI=1S/C13H21NO3/c1-13(10-15,14-2)9-8-12(16)17-11-6-4-3-5-7-11/h3-6,11,14-15H,7-10H2,1-2H3. The van der Waals surface area contributed by atoms with Gasteiger partial charge in [-0.2, -0.15) is 0 Å². The lowest BCUT2D eigenvalue weighted by Crippen LogP contribution is -2.43. The molecule has 17 heavy (non-hydrogen) atoms. The fourth-order valence-electron chi connectivity index (χ4n) is 1.53. The number of nitrogens with one attached hydrogen (secondary N) is 1. The van der Waals surface area contributed by atoms with E-state index in [1.165, 1.54) is 0 Å². The Morgan fingerprint density at radius 1 is 1.59 bits per heavy atom. The van der Waals surface area contributed by atoms with Crippen molar-refractivity contribution in [2.75, 3.05) is 13.7 Å². The maximum absolute atomic E-state index is 11.6. The van der Waals surface area contributed by atoms with Gasteiger partial charge in [0.1, 0.15) is 6.10 Å².